The second-order valence-corrected chi connectivity index (χ2v) is 6.24. The molecule has 1 aromatic carbocycles. The van der Waals surface area contributed by atoms with Crippen LogP contribution >= 0.6 is 0 Å². The van der Waals surface area contributed by atoms with E-state index in [1.165, 1.54) is 0 Å². The van der Waals surface area contributed by atoms with Gasteiger partial charge in [-0.15, -0.1) is 0 Å². The molecular formula is C18H28N2O4. The first-order valence-corrected chi connectivity index (χ1v) is 8.73. The van der Waals surface area contributed by atoms with Crippen molar-refractivity contribution >= 4 is 0 Å². The number of nitrogens with zero attached hydrogens (tertiary/aromatic N) is 1. The van der Waals surface area contributed by atoms with Gasteiger partial charge in [0.2, 0.25) is 6.04 Å². The van der Waals surface area contributed by atoms with Gasteiger partial charge in [-0.25, -0.2) is 0 Å². The molecule has 134 valence electrons. The minimum atomic E-state index is -0.607. The van der Waals surface area contributed by atoms with Crippen molar-refractivity contribution in [1.82, 2.24) is 5.32 Å². The molecule has 2 rings (SSSR count). The Morgan fingerprint density at radius 1 is 1.21 bits per heavy atom. The Morgan fingerprint density at radius 3 is 2.38 bits per heavy atom. The van der Waals surface area contributed by atoms with Crippen LogP contribution in [0, 0.1) is 22.0 Å². The molecule has 0 bridgehead atoms. The maximum Gasteiger partial charge on any atom is 0.228 e. The van der Waals surface area contributed by atoms with Gasteiger partial charge in [-0.3, -0.25) is 10.1 Å². The van der Waals surface area contributed by atoms with Crippen LogP contribution in [-0.4, -0.2) is 37.0 Å². The summed E-state index contributed by atoms with van der Waals surface area (Å²) in [5, 5.41) is 14.8. The van der Waals surface area contributed by atoms with Crippen LogP contribution in [0.2, 0.25) is 0 Å². The topological polar surface area (TPSA) is 73.6 Å². The molecule has 1 saturated carbocycles. The number of nitrogens with one attached hydrogen (secondary N) is 1. The SMILES string of the molecule is CCOC(OCC)C1CC1C(CN[C@H](C)c1ccccc1)[N+](=O)[O-]. The first-order chi connectivity index (χ1) is 11.6. The first-order valence-electron chi connectivity index (χ1n) is 8.73. The summed E-state index contributed by atoms with van der Waals surface area (Å²) in [5.74, 6) is 0.132. The van der Waals surface area contributed by atoms with E-state index in [0.29, 0.717) is 19.8 Å². The summed E-state index contributed by atoms with van der Waals surface area (Å²) < 4.78 is 11.2. The van der Waals surface area contributed by atoms with Crippen LogP contribution in [0.25, 0.3) is 0 Å². The summed E-state index contributed by atoms with van der Waals surface area (Å²) >= 11 is 0. The quantitative estimate of drug-likeness (QED) is 0.382. The van der Waals surface area contributed by atoms with E-state index in [0.717, 1.165) is 12.0 Å². The highest BCUT2D eigenvalue weighted by Crippen LogP contribution is 2.46. The highest BCUT2D eigenvalue weighted by atomic mass is 16.7. The zero-order valence-electron chi connectivity index (χ0n) is 14.7. The first kappa shape index (κ1) is 18.8. The molecule has 6 nitrogen and oxygen atoms in total. The van der Waals surface area contributed by atoms with Gasteiger partial charge >= 0.3 is 0 Å². The van der Waals surface area contributed by atoms with E-state index in [2.05, 4.69) is 5.32 Å². The number of rotatable bonds is 11. The van der Waals surface area contributed by atoms with Crippen molar-refractivity contribution in [1.29, 1.82) is 0 Å². The molecule has 1 N–H and O–H groups in total. The lowest BCUT2D eigenvalue weighted by Gasteiger charge is -2.19. The van der Waals surface area contributed by atoms with Gasteiger partial charge < -0.3 is 14.8 Å². The third-order valence-corrected chi connectivity index (χ3v) is 4.60. The monoisotopic (exact) mass is 336 g/mol. The zero-order chi connectivity index (χ0) is 17.5. The smallest absolute Gasteiger partial charge is 0.228 e. The molecular weight excluding hydrogens is 308 g/mol. The molecule has 4 atom stereocenters. The Labute approximate surface area is 143 Å². The molecule has 0 aliphatic heterocycles. The molecule has 1 aliphatic carbocycles. The maximum atomic E-state index is 11.5. The number of hydrogen-bond acceptors (Lipinski definition) is 5. The van der Waals surface area contributed by atoms with Gasteiger partial charge in [-0.05, 0) is 32.8 Å². The Bertz CT molecular complexity index is 505. The van der Waals surface area contributed by atoms with Crippen LogP contribution in [0.3, 0.4) is 0 Å². The highest BCUT2D eigenvalue weighted by molar-refractivity contribution is 5.18. The fourth-order valence-electron chi connectivity index (χ4n) is 3.15. The van der Waals surface area contributed by atoms with E-state index in [4.69, 9.17) is 9.47 Å². The second-order valence-electron chi connectivity index (χ2n) is 6.24. The largest absolute Gasteiger partial charge is 0.353 e. The average Bonchev–Trinajstić information content (AvgIpc) is 3.35. The van der Waals surface area contributed by atoms with Crippen molar-refractivity contribution < 1.29 is 14.4 Å². The number of benzene rings is 1. The van der Waals surface area contributed by atoms with E-state index in [-0.39, 0.29) is 29.1 Å². The molecule has 1 fully saturated rings. The molecule has 24 heavy (non-hydrogen) atoms. The Hall–Kier alpha value is -1.50. The van der Waals surface area contributed by atoms with E-state index < -0.39 is 6.04 Å². The lowest BCUT2D eigenvalue weighted by atomic mass is 10.1. The van der Waals surface area contributed by atoms with Crippen molar-refractivity contribution in [3.8, 4) is 0 Å². The summed E-state index contributed by atoms with van der Waals surface area (Å²) in [5.41, 5.74) is 1.13. The molecule has 6 heteroatoms. The van der Waals surface area contributed by atoms with Crippen molar-refractivity contribution in [3.05, 3.63) is 46.0 Å². The van der Waals surface area contributed by atoms with Gasteiger partial charge in [0.05, 0.1) is 6.54 Å². The van der Waals surface area contributed by atoms with E-state index in [9.17, 15) is 10.1 Å². The lowest BCUT2D eigenvalue weighted by Crippen LogP contribution is -2.37. The molecule has 0 saturated heterocycles. The van der Waals surface area contributed by atoms with Crippen LogP contribution < -0.4 is 5.32 Å². The minimum absolute atomic E-state index is 0.0126. The summed E-state index contributed by atoms with van der Waals surface area (Å²) in [6, 6.07) is 9.45. The Morgan fingerprint density at radius 2 is 1.83 bits per heavy atom. The molecule has 0 radical (unpaired) electrons. The molecule has 0 aromatic heterocycles. The second kappa shape index (κ2) is 9.11. The Balaban J connectivity index is 1.90. The highest BCUT2D eigenvalue weighted by Gasteiger charge is 2.53. The van der Waals surface area contributed by atoms with Gasteiger partial charge in [-0.2, -0.15) is 0 Å². The van der Waals surface area contributed by atoms with Gasteiger partial charge in [0.1, 0.15) is 0 Å². The molecule has 0 spiro atoms. The fraction of sp³-hybridized carbons (Fsp3) is 0.667. The molecule has 0 amide bonds. The number of ether oxygens (including phenoxy) is 2. The van der Waals surface area contributed by atoms with Crippen LogP contribution in [0.1, 0.15) is 38.8 Å². The van der Waals surface area contributed by atoms with Crippen molar-refractivity contribution in [2.75, 3.05) is 19.8 Å². The van der Waals surface area contributed by atoms with Crippen molar-refractivity contribution in [2.24, 2.45) is 11.8 Å². The van der Waals surface area contributed by atoms with Crippen LogP contribution in [0.4, 0.5) is 0 Å². The third-order valence-electron chi connectivity index (χ3n) is 4.60. The zero-order valence-corrected chi connectivity index (χ0v) is 14.7. The Kier molecular flexibility index (Phi) is 7.15. The predicted molar refractivity (Wildman–Crippen MR) is 92.3 cm³/mol. The molecule has 3 unspecified atom stereocenters. The summed E-state index contributed by atoms with van der Waals surface area (Å²) in [7, 11) is 0. The van der Waals surface area contributed by atoms with Crippen molar-refractivity contribution in [2.45, 2.75) is 45.6 Å². The molecule has 1 aromatic rings. The van der Waals surface area contributed by atoms with E-state index in [1.54, 1.807) is 0 Å². The van der Waals surface area contributed by atoms with Gasteiger partial charge in [0.25, 0.3) is 0 Å². The van der Waals surface area contributed by atoms with E-state index >= 15 is 0 Å². The van der Waals surface area contributed by atoms with Crippen LogP contribution in [0.15, 0.2) is 30.3 Å². The summed E-state index contributed by atoms with van der Waals surface area (Å²) in [6.07, 6.45) is 0.469. The number of nitro groups is 1. The average molecular weight is 336 g/mol. The van der Waals surface area contributed by atoms with Crippen LogP contribution in [0.5, 0.6) is 0 Å². The third kappa shape index (κ3) is 5.00. The molecule has 1 aliphatic rings. The van der Waals surface area contributed by atoms with Gasteiger partial charge in [-0.1, -0.05) is 30.3 Å². The fourth-order valence-corrected chi connectivity index (χ4v) is 3.15. The van der Waals surface area contributed by atoms with E-state index in [1.807, 2.05) is 51.1 Å². The molecule has 0 heterocycles. The van der Waals surface area contributed by atoms with Crippen LogP contribution in [-0.2, 0) is 9.47 Å². The normalized spacial score (nSPS) is 22.3. The standard InChI is InChI=1S/C18H28N2O4/c1-4-23-18(24-5-2)16-11-15(16)17(20(21)22)12-19-13(3)14-9-7-6-8-10-14/h6-10,13,15-19H,4-5,11-12H2,1-3H3/t13-,15?,16?,17?/m1/s1. The predicted octanol–water partition coefficient (Wildman–Crippen LogP) is 3.02. The van der Waals surface area contributed by atoms with Crippen molar-refractivity contribution in [3.63, 3.8) is 0 Å². The summed E-state index contributed by atoms with van der Waals surface area (Å²) in [6.45, 7) is 7.32. The minimum Gasteiger partial charge on any atom is -0.353 e. The van der Waals surface area contributed by atoms with Gasteiger partial charge in [0, 0.05) is 36.0 Å². The maximum absolute atomic E-state index is 11.5. The lowest BCUT2D eigenvalue weighted by molar-refractivity contribution is -0.526. The summed E-state index contributed by atoms with van der Waals surface area (Å²) in [4.78, 5) is 11.3. The van der Waals surface area contributed by atoms with Gasteiger partial charge in [0.15, 0.2) is 6.29 Å². The number of hydrogen-bond donors (Lipinski definition) is 1.